The fourth-order valence-electron chi connectivity index (χ4n) is 5.04. The van der Waals surface area contributed by atoms with Crippen LogP contribution in [0.5, 0.6) is 0 Å². The molecular formula is C34H43N3O8. The van der Waals surface area contributed by atoms with E-state index in [1.165, 1.54) is 12.8 Å². The zero-order chi connectivity index (χ0) is 32.9. The fraction of sp³-hybridized carbons (Fsp3) is 0.471. The molecule has 1 unspecified atom stereocenters. The van der Waals surface area contributed by atoms with Crippen molar-refractivity contribution >= 4 is 41.3 Å². The van der Waals surface area contributed by atoms with Crippen LogP contribution in [0.1, 0.15) is 112 Å². The lowest BCUT2D eigenvalue weighted by molar-refractivity contribution is -0.177. The van der Waals surface area contributed by atoms with Crippen molar-refractivity contribution in [3.63, 3.8) is 0 Å². The molecule has 2 aromatic rings. The number of hydrogen-bond donors (Lipinski definition) is 2. The van der Waals surface area contributed by atoms with Crippen LogP contribution in [-0.2, 0) is 28.8 Å². The van der Waals surface area contributed by atoms with E-state index in [1.807, 2.05) is 19.1 Å². The standard InChI is InChI=1S/C30H33N3O8.C4H10/c1-3-4-9-24(34)21-8-5-7-19-23(17-40-30(39)41-33-27(37)14-15-28(33)38)22-16-18(12-13-20(22)29(19)21)32-26(36)11-6-10-25(35)31-2;1-3-4-2/h5,7-8,12-13,16,23H,3-4,6,9-11,14-15,17H2,1-2H3,(H,31,35)(H,32,36);3-4H2,1-2H3. The Bertz CT molecular complexity index is 1400. The summed E-state index contributed by atoms with van der Waals surface area (Å²) in [4.78, 5) is 78.0. The van der Waals surface area contributed by atoms with E-state index in [0.29, 0.717) is 29.2 Å². The molecule has 0 radical (unpaired) electrons. The lowest BCUT2D eigenvalue weighted by Crippen LogP contribution is -2.32. The summed E-state index contributed by atoms with van der Waals surface area (Å²) in [7, 11) is 1.54. The minimum atomic E-state index is -1.20. The third-order valence-electron chi connectivity index (χ3n) is 7.64. The number of nitrogens with zero attached hydrogens (tertiary/aromatic N) is 1. The third-order valence-corrected chi connectivity index (χ3v) is 7.64. The van der Waals surface area contributed by atoms with Crippen LogP contribution >= 0.6 is 0 Å². The van der Waals surface area contributed by atoms with Crippen molar-refractivity contribution in [2.24, 2.45) is 0 Å². The van der Waals surface area contributed by atoms with Gasteiger partial charge in [0, 0.05) is 56.3 Å². The molecule has 0 spiro atoms. The van der Waals surface area contributed by atoms with Gasteiger partial charge in [0.1, 0.15) is 6.61 Å². The maximum Gasteiger partial charge on any atom is 0.533 e. The average molecular weight is 622 g/mol. The van der Waals surface area contributed by atoms with E-state index < -0.39 is 23.9 Å². The smallest absolute Gasteiger partial charge is 0.432 e. The van der Waals surface area contributed by atoms with Crippen LogP contribution in [0, 0.1) is 0 Å². The first-order valence-corrected chi connectivity index (χ1v) is 15.7. The number of amides is 4. The first-order chi connectivity index (χ1) is 21.6. The predicted molar refractivity (Wildman–Crippen MR) is 168 cm³/mol. The van der Waals surface area contributed by atoms with Crippen molar-refractivity contribution in [2.45, 2.75) is 90.9 Å². The van der Waals surface area contributed by atoms with Crippen LogP contribution in [0.15, 0.2) is 36.4 Å². The van der Waals surface area contributed by atoms with Gasteiger partial charge in [0.2, 0.25) is 11.8 Å². The number of ketones is 1. The molecule has 11 heteroatoms. The van der Waals surface area contributed by atoms with Crippen LogP contribution in [0.3, 0.4) is 0 Å². The van der Waals surface area contributed by atoms with Crippen LogP contribution in [-0.4, -0.2) is 54.3 Å². The highest BCUT2D eigenvalue weighted by atomic mass is 16.8. The Balaban J connectivity index is 0.00000130. The molecule has 4 amide bonds. The van der Waals surface area contributed by atoms with Gasteiger partial charge in [0.25, 0.3) is 11.8 Å². The van der Waals surface area contributed by atoms with Gasteiger partial charge in [-0.05, 0) is 47.2 Å². The molecular weight excluding hydrogens is 578 g/mol. The summed E-state index contributed by atoms with van der Waals surface area (Å²) in [5, 5.41) is 5.79. The number of hydroxylamine groups is 2. The Morgan fingerprint density at radius 1 is 0.844 bits per heavy atom. The average Bonchev–Trinajstić information content (AvgIpc) is 3.53. The van der Waals surface area contributed by atoms with Gasteiger partial charge in [-0.3, -0.25) is 28.8 Å². The number of nitrogens with one attached hydrogen (secondary N) is 2. The predicted octanol–water partition coefficient (Wildman–Crippen LogP) is 6.05. The molecule has 1 heterocycles. The van der Waals surface area contributed by atoms with Gasteiger partial charge in [0.15, 0.2) is 5.78 Å². The zero-order valence-corrected chi connectivity index (χ0v) is 26.5. The molecule has 1 aliphatic heterocycles. The minimum Gasteiger partial charge on any atom is -0.432 e. The van der Waals surface area contributed by atoms with E-state index in [-0.39, 0.29) is 49.9 Å². The van der Waals surface area contributed by atoms with Gasteiger partial charge in [-0.25, -0.2) is 4.79 Å². The highest BCUT2D eigenvalue weighted by Gasteiger charge is 2.36. The highest BCUT2D eigenvalue weighted by Crippen LogP contribution is 2.48. The number of anilines is 1. The molecule has 2 aliphatic rings. The summed E-state index contributed by atoms with van der Waals surface area (Å²) in [6, 6.07) is 10.8. The van der Waals surface area contributed by atoms with E-state index >= 15 is 0 Å². The van der Waals surface area contributed by atoms with Crippen molar-refractivity contribution in [2.75, 3.05) is 19.0 Å². The fourth-order valence-corrected chi connectivity index (χ4v) is 5.04. The highest BCUT2D eigenvalue weighted by molar-refractivity contribution is 6.05. The zero-order valence-electron chi connectivity index (χ0n) is 26.5. The largest absolute Gasteiger partial charge is 0.533 e. The van der Waals surface area contributed by atoms with Crippen LogP contribution in [0.4, 0.5) is 10.5 Å². The summed E-state index contributed by atoms with van der Waals surface area (Å²) in [6.07, 6.45) is 4.20. The molecule has 1 atom stereocenters. The SMILES string of the molecule is CCCC.CCCCC(=O)c1cccc2c1-c1ccc(NC(=O)CCCC(=O)NC)cc1C2COC(=O)ON1C(=O)CCC1=O. The second-order valence-corrected chi connectivity index (χ2v) is 11.0. The van der Waals surface area contributed by atoms with Crippen molar-refractivity contribution in [1.82, 2.24) is 10.4 Å². The minimum absolute atomic E-state index is 0.00943. The quantitative estimate of drug-likeness (QED) is 0.156. The number of Topliss-reactive ketones (excluding diaryl/α,β-unsaturated/α-hetero) is 1. The van der Waals surface area contributed by atoms with Crippen molar-refractivity contribution in [3.05, 3.63) is 53.1 Å². The number of benzene rings is 2. The maximum absolute atomic E-state index is 13.1. The molecule has 2 aromatic carbocycles. The molecule has 45 heavy (non-hydrogen) atoms. The van der Waals surface area contributed by atoms with Gasteiger partial charge >= 0.3 is 6.16 Å². The van der Waals surface area contributed by atoms with Crippen LogP contribution < -0.4 is 10.6 Å². The number of hydrogen-bond acceptors (Lipinski definition) is 8. The summed E-state index contributed by atoms with van der Waals surface area (Å²) < 4.78 is 5.35. The molecule has 4 rings (SSSR count). The normalized spacial score (nSPS) is 14.6. The summed E-state index contributed by atoms with van der Waals surface area (Å²) in [5.41, 5.74) is 4.13. The topological polar surface area (TPSA) is 148 Å². The van der Waals surface area contributed by atoms with Crippen molar-refractivity contribution in [1.29, 1.82) is 0 Å². The first-order valence-electron chi connectivity index (χ1n) is 15.7. The molecule has 0 aromatic heterocycles. The Labute approximate surface area is 264 Å². The monoisotopic (exact) mass is 621 g/mol. The number of fused-ring (bicyclic) bond motifs is 3. The van der Waals surface area contributed by atoms with Gasteiger partial charge < -0.3 is 15.4 Å². The van der Waals surface area contributed by atoms with Crippen LogP contribution in [0.25, 0.3) is 11.1 Å². The number of imide groups is 1. The van der Waals surface area contributed by atoms with Gasteiger partial charge in [-0.2, -0.15) is 0 Å². The molecule has 2 N–H and O–H groups in total. The second-order valence-electron chi connectivity index (χ2n) is 11.0. The molecule has 1 saturated heterocycles. The van der Waals surface area contributed by atoms with Gasteiger partial charge in [-0.1, -0.05) is 69.4 Å². The molecule has 1 aliphatic carbocycles. The molecule has 0 saturated carbocycles. The molecule has 11 nitrogen and oxygen atoms in total. The van der Waals surface area contributed by atoms with E-state index in [9.17, 15) is 28.8 Å². The number of carbonyl (C=O) groups excluding carboxylic acids is 6. The van der Waals surface area contributed by atoms with E-state index in [2.05, 4.69) is 24.5 Å². The second kappa shape index (κ2) is 17.1. The van der Waals surface area contributed by atoms with Gasteiger partial charge in [0.05, 0.1) is 0 Å². The summed E-state index contributed by atoms with van der Waals surface area (Å²) >= 11 is 0. The Morgan fingerprint density at radius 2 is 1.53 bits per heavy atom. The van der Waals surface area contributed by atoms with E-state index in [4.69, 9.17) is 9.57 Å². The number of ether oxygens (including phenoxy) is 1. The number of carbonyl (C=O) groups is 6. The number of unbranched alkanes of at least 4 members (excludes halogenated alkanes) is 2. The molecule has 0 bridgehead atoms. The lowest BCUT2D eigenvalue weighted by Gasteiger charge is -2.17. The third kappa shape index (κ3) is 9.23. The van der Waals surface area contributed by atoms with E-state index in [0.717, 1.165) is 35.1 Å². The van der Waals surface area contributed by atoms with Crippen molar-refractivity contribution in [3.8, 4) is 11.1 Å². The number of rotatable bonds is 13. The maximum atomic E-state index is 13.1. The lowest BCUT2D eigenvalue weighted by atomic mass is 9.93. The van der Waals surface area contributed by atoms with Gasteiger partial charge in [-0.15, -0.1) is 0 Å². The Morgan fingerprint density at radius 3 is 2.18 bits per heavy atom. The van der Waals surface area contributed by atoms with E-state index in [1.54, 1.807) is 31.3 Å². The van der Waals surface area contributed by atoms with Crippen LogP contribution in [0.2, 0.25) is 0 Å². The molecule has 242 valence electrons. The first kappa shape index (κ1) is 34.9. The summed E-state index contributed by atoms with van der Waals surface area (Å²) in [6.45, 7) is 6.19. The molecule has 1 fully saturated rings. The van der Waals surface area contributed by atoms with Crippen molar-refractivity contribution < 1.29 is 38.3 Å². The Kier molecular flexibility index (Phi) is 13.3. The summed E-state index contributed by atoms with van der Waals surface area (Å²) in [5.74, 6) is -2.12. The Hall–Kier alpha value is -4.54.